The Morgan fingerprint density at radius 2 is 1.68 bits per heavy atom. The lowest BCUT2D eigenvalue weighted by atomic mass is 10.2. The van der Waals surface area contributed by atoms with Crippen molar-refractivity contribution < 1.29 is 9.18 Å². The molecular formula is C21H24FN7OS. The first kappa shape index (κ1) is 20.0. The minimum Gasteiger partial charge on any atom is -0.368 e. The molecule has 0 aliphatic carbocycles. The van der Waals surface area contributed by atoms with E-state index in [2.05, 4.69) is 19.9 Å². The maximum absolute atomic E-state index is 13.3. The highest BCUT2D eigenvalue weighted by Gasteiger charge is 2.27. The van der Waals surface area contributed by atoms with Crippen molar-refractivity contribution in [2.75, 3.05) is 60.6 Å². The Kier molecular flexibility index (Phi) is 5.39. The number of carbonyl (C=O) groups excluding carboxylic acids is 1. The molecule has 0 N–H and O–H groups in total. The molecule has 2 aliphatic rings. The molecule has 4 heterocycles. The number of fused-ring (bicyclic) bond motifs is 1. The van der Waals surface area contributed by atoms with Gasteiger partial charge >= 0.3 is 0 Å². The summed E-state index contributed by atoms with van der Waals surface area (Å²) in [4.78, 5) is 28.7. The van der Waals surface area contributed by atoms with Crippen molar-refractivity contribution in [3.63, 3.8) is 0 Å². The lowest BCUT2D eigenvalue weighted by Gasteiger charge is -2.36. The van der Waals surface area contributed by atoms with Crippen LogP contribution < -0.4 is 9.80 Å². The number of aromatic nitrogens is 4. The van der Waals surface area contributed by atoms with E-state index < -0.39 is 0 Å². The summed E-state index contributed by atoms with van der Waals surface area (Å²) in [6.07, 6.45) is 1.78. The van der Waals surface area contributed by atoms with E-state index in [4.69, 9.17) is 4.98 Å². The predicted octanol–water partition coefficient (Wildman–Crippen LogP) is 2.02. The second kappa shape index (κ2) is 8.33. The SMILES string of the molecule is Cn1ncc2c(N3CCSCC3)nc(C(=O)N3CCN(c4ccc(F)cc4)CC3)nc21. The summed E-state index contributed by atoms with van der Waals surface area (Å²) in [6, 6.07) is 6.47. The van der Waals surface area contributed by atoms with Gasteiger partial charge in [-0.25, -0.2) is 14.4 Å². The average molecular weight is 442 g/mol. The Hall–Kier alpha value is -2.88. The second-order valence-corrected chi connectivity index (χ2v) is 8.96. The van der Waals surface area contributed by atoms with Gasteiger partial charge in [0.2, 0.25) is 5.82 Å². The minimum absolute atomic E-state index is 0.158. The lowest BCUT2D eigenvalue weighted by molar-refractivity contribution is 0.0735. The van der Waals surface area contributed by atoms with Crippen LogP contribution in [-0.4, -0.2) is 81.3 Å². The monoisotopic (exact) mass is 441 g/mol. The zero-order valence-corrected chi connectivity index (χ0v) is 18.2. The Bertz CT molecular complexity index is 1090. The Labute approximate surface area is 184 Å². The van der Waals surface area contributed by atoms with Gasteiger partial charge in [-0.05, 0) is 24.3 Å². The predicted molar refractivity (Wildman–Crippen MR) is 120 cm³/mol. The van der Waals surface area contributed by atoms with Crippen LogP contribution in [0, 0.1) is 5.82 Å². The number of rotatable bonds is 3. The van der Waals surface area contributed by atoms with E-state index >= 15 is 0 Å². The summed E-state index contributed by atoms with van der Waals surface area (Å²) >= 11 is 1.93. The third kappa shape index (κ3) is 3.91. The van der Waals surface area contributed by atoms with Crippen LogP contribution >= 0.6 is 11.8 Å². The number of carbonyl (C=O) groups is 1. The van der Waals surface area contributed by atoms with Gasteiger partial charge in [-0.3, -0.25) is 9.48 Å². The van der Waals surface area contributed by atoms with Gasteiger partial charge in [-0.1, -0.05) is 0 Å². The van der Waals surface area contributed by atoms with Crippen LogP contribution in [0.4, 0.5) is 15.9 Å². The molecule has 3 aromatic rings. The average Bonchev–Trinajstić information content (AvgIpc) is 3.20. The molecule has 0 spiro atoms. The van der Waals surface area contributed by atoms with Gasteiger partial charge in [0.25, 0.3) is 5.91 Å². The van der Waals surface area contributed by atoms with Crippen molar-refractivity contribution in [2.24, 2.45) is 7.05 Å². The molecule has 2 aliphatic heterocycles. The molecular weight excluding hydrogens is 417 g/mol. The van der Waals surface area contributed by atoms with E-state index in [1.165, 1.54) is 12.1 Å². The summed E-state index contributed by atoms with van der Waals surface area (Å²) in [7, 11) is 1.83. The quantitative estimate of drug-likeness (QED) is 0.616. The van der Waals surface area contributed by atoms with Crippen molar-refractivity contribution >= 4 is 40.2 Å². The van der Waals surface area contributed by atoms with E-state index in [0.29, 0.717) is 31.8 Å². The van der Waals surface area contributed by atoms with Gasteiger partial charge in [-0.2, -0.15) is 16.9 Å². The molecule has 10 heteroatoms. The summed E-state index contributed by atoms with van der Waals surface area (Å²) in [5.41, 5.74) is 1.64. The Morgan fingerprint density at radius 1 is 0.968 bits per heavy atom. The van der Waals surface area contributed by atoms with Crippen molar-refractivity contribution in [2.45, 2.75) is 0 Å². The van der Waals surface area contributed by atoms with Crippen molar-refractivity contribution in [3.05, 3.63) is 42.1 Å². The van der Waals surface area contributed by atoms with E-state index in [-0.39, 0.29) is 17.5 Å². The smallest absolute Gasteiger partial charge is 0.291 e. The Balaban J connectivity index is 1.37. The molecule has 0 saturated carbocycles. The van der Waals surface area contributed by atoms with Gasteiger partial charge in [0, 0.05) is 63.5 Å². The van der Waals surface area contributed by atoms with Gasteiger partial charge in [0.15, 0.2) is 5.65 Å². The van der Waals surface area contributed by atoms with Crippen LogP contribution in [0.5, 0.6) is 0 Å². The molecule has 2 aromatic heterocycles. The first-order valence-electron chi connectivity index (χ1n) is 10.4. The third-order valence-electron chi connectivity index (χ3n) is 5.83. The highest BCUT2D eigenvalue weighted by atomic mass is 32.2. The standard InChI is InChI=1S/C21H24FN7OS/c1-26-19-17(14-23-26)20(28-10-12-31-13-11-28)25-18(24-19)21(30)29-8-6-27(7-9-29)16-4-2-15(22)3-5-16/h2-5,14H,6-13H2,1H3. The van der Waals surface area contributed by atoms with Crippen LogP contribution in [0.2, 0.25) is 0 Å². The van der Waals surface area contributed by atoms with Gasteiger partial charge < -0.3 is 14.7 Å². The fourth-order valence-electron chi connectivity index (χ4n) is 4.08. The second-order valence-electron chi connectivity index (χ2n) is 7.73. The molecule has 1 aromatic carbocycles. The first-order valence-corrected chi connectivity index (χ1v) is 11.6. The number of anilines is 2. The van der Waals surface area contributed by atoms with Gasteiger partial charge in [-0.15, -0.1) is 0 Å². The summed E-state index contributed by atoms with van der Waals surface area (Å²) in [6.45, 7) is 4.30. The maximum atomic E-state index is 13.3. The Morgan fingerprint density at radius 3 is 2.39 bits per heavy atom. The molecule has 1 amide bonds. The van der Waals surface area contributed by atoms with Crippen LogP contribution in [0.1, 0.15) is 10.6 Å². The number of piperazine rings is 1. The van der Waals surface area contributed by atoms with Crippen LogP contribution in [-0.2, 0) is 7.05 Å². The van der Waals surface area contributed by atoms with Crippen molar-refractivity contribution in [3.8, 4) is 0 Å². The van der Waals surface area contributed by atoms with E-state index in [0.717, 1.165) is 41.5 Å². The zero-order valence-electron chi connectivity index (χ0n) is 17.4. The number of aryl methyl sites for hydroxylation is 1. The number of thioether (sulfide) groups is 1. The normalized spacial score (nSPS) is 17.4. The number of benzene rings is 1. The third-order valence-corrected chi connectivity index (χ3v) is 6.78. The molecule has 8 nitrogen and oxygen atoms in total. The molecule has 0 radical (unpaired) electrons. The van der Waals surface area contributed by atoms with Crippen LogP contribution in [0.25, 0.3) is 11.0 Å². The largest absolute Gasteiger partial charge is 0.368 e. The highest BCUT2D eigenvalue weighted by Crippen LogP contribution is 2.26. The summed E-state index contributed by atoms with van der Waals surface area (Å²) in [5, 5.41) is 5.22. The van der Waals surface area contributed by atoms with Gasteiger partial charge in [0.1, 0.15) is 11.6 Å². The maximum Gasteiger partial charge on any atom is 0.291 e. The molecule has 0 atom stereocenters. The molecule has 2 fully saturated rings. The fourth-order valence-corrected chi connectivity index (χ4v) is 4.98. The molecule has 0 bridgehead atoms. The molecule has 162 valence electrons. The molecule has 31 heavy (non-hydrogen) atoms. The van der Waals surface area contributed by atoms with E-state index in [1.54, 1.807) is 27.9 Å². The highest BCUT2D eigenvalue weighted by molar-refractivity contribution is 7.99. The fraction of sp³-hybridized carbons (Fsp3) is 0.429. The lowest BCUT2D eigenvalue weighted by Crippen LogP contribution is -2.49. The summed E-state index contributed by atoms with van der Waals surface area (Å²) in [5.74, 6) is 2.70. The number of halogens is 1. The summed E-state index contributed by atoms with van der Waals surface area (Å²) < 4.78 is 14.9. The van der Waals surface area contributed by atoms with Crippen molar-refractivity contribution in [1.29, 1.82) is 0 Å². The minimum atomic E-state index is -0.247. The molecule has 5 rings (SSSR count). The van der Waals surface area contributed by atoms with Crippen LogP contribution in [0.15, 0.2) is 30.5 Å². The van der Waals surface area contributed by atoms with Gasteiger partial charge in [0.05, 0.1) is 11.6 Å². The van der Waals surface area contributed by atoms with E-state index in [1.807, 2.05) is 18.8 Å². The number of nitrogens with zero attached hydrogens (tertiary/aromatic N) is 7. The zero-order chi connectivity index (χ0) is 21.4. The topological polar surface area (TPSA) is 70.4 Å². The van der Waals surface area contributed by atoms with Crippen LogP contribution in [0.3, 0.4) is 0 Å². The number of amides is 1. The first-order chi connectivity index (χ1) is 15.1. The number of hydrogen-bond acceptors (Lipinski definition) is 7. The molecule has 2 saturated heterocycles. The molecule has 0 unspecified atom stereocenters. The number of hydrogen-bond donors (Lipinski definition) is 0. The van der Waals surface area contributed by atoms with Crippen molar-refractivity contribution in [1.82, 2.24) is 24.6 Å². The van der Waals surface area contributed by atoms with E-state index in [9.17, 15) is 9.18 Å².